The van der Waals surface area contributed by atoms with Crippen molar-refractivity contribution >= 4 is 38.9 Å². The maximum absolute atomic E-state index is 12.1. The Bertz CT molecular complexity index is 731. The van der Waals surface area contributed by atoms with Crippen LogP contribution in [0, 0.1) is 10.1 Å². The summed E-state index contributed by atoms with van der Waals surface area (Å²) < 4.78 is 0.831. The van der Waals surface area contributed by atoms with Gasteiger partial charge in [-0.3, -0.25) is 14.9 Å². The molecule has 7 heteroatoms. The van der Waals surface area contributed by atoms with E-state index in [-0.39, 0.29) is 11.6 Å². The van der Waals surface area contributed by atoms with Crippen molar-refractivity contribution < 1.29 is 9.72 Å². The van der Waals surface area contributed by atoms with Gasteiger partial charge in [0.15, 0.2) is 0 Å². The summed E-state index contributed by atoms with van der Waals surface area (Å²) in [6, 6.07) is 11.0. The zero-order chi connectivity index (χ0) is 15.0. The van der Waals surface area contributed by atoms with Crippen molar-refractivity contribution in [1.82, 2.24) is 0 Å². The van der Waals surface area contributed by atoms with Crippen LogP contribution < -0.4 is 10.6 Å². The van der Waals surface area contributed by atoms with Gasteiger partial charge in [0.2, 0.25) is 0 Å². The number of nitrogens with one attached hydrogen (secondary N) is 2. The zero-order valence-electron chi connectivity index (χ0n) is 10.7. The molecule has 1 aliphatic heterocycles. The molecule has 1 atom stereocenters. The van der Waals surface area contributed by atoms with E-state index >= 15 is 0 Å². The maximum atomic E-state index is 12.1. The summed E-state index contributed by atoms with van der Waals surface area (Å²) in [4.78, 5) is 22.2. The number of anilines is 2. The Hall–Kier alpha value is -2.41. The molecule has 1 amide bonds. The highest BCUT2D eigenvalue weighted by molar-refractivity contribution is 9.10. The first-order chi connectivity index (χ1) is 10.1. The zero-order valence-corrected chi connectivity index (χ0v) is 12.3. The highest BCUT2D eigenvalue weighted by Gasteiger charge is 2.32. The van der Waals surface area contributed by atoms with Crippen molar-refractivity contribution in [2.75, 3.05) is 10.6 Å². The van der Waals surface area contributed by atoms with E-state index in [2.05, 4.69) is 26.6 Å². The first-order valence-corrected chi connectivity index (χ1v) is 6.96. The van der Waals surface area contributed by atoms with E-state index in [0.29, 0.717) is 5.69 Å². The van der Waals surface area contributed by atoms with Gasteiger partial charge in [-0.1, -0.05) is 22.0 Å². The van der Waals surface area contributed by atoms with Gasteiger partial charge in [-0.15, -0.1) is 0 Å². The number of nitro groups is 1. The summed E-state index contributed by atoms with van der Waals surface area (Å²) in [5, 5.41) is 16.5. The predicted molar refractivity (Wildman–Crippen MR) is 82.2 cm³/mol. The summed E-state index contributed by atoms with van der Waals surface area (Å²) >= 11 is 3.44. The van der Waals surface area contributed by atoms with Crippen LogP contribution in [0.5, 0.6) is 0 Å². The molecule has 2 aromatic carbocycles. The topological polar surface area (TPSA) is 84.3 Å². The predicted octanol–water partition coefficient (Wildman–Crippen LogP) is 3.46. The van der Waals surface area contributed by atoms with E-state index in [4.69, 9.17) is 0 Å². The van der Waals surface area contributed by atoms with Gasteiger partial charge in [0.25, 0.3) is 11.6 Å². The fraction of sp³-hybridized carbons (Fsp3) is 0.0714. The lowest BCUT2D eigenvalue weighted by atomic mass is 10.1. The second kappa shape index (κ2) is 5.17. The molecular formula is C14H10BrN3O3. The van der Waals surface area contributed by atoms with Gasteiger partial charge in [-0.25, -0.2) is 0 Å². The Morgan fingerprint density at radius 1 is 1.19 bits per heavy atom. The quantitative estimate of drug-likeness (QED) is 0.657. The van der Waals surface area contributed by atoms with Crippen molar-refractivity contribution in [3.05, 3.63) is 62.6 Å². The molecule has 1 aliphatic rings. The summed E-state index contributed by atoms with van der Waals surface area (Å²) in [6.45, 7) is 0. The van der Waals surface area contributed by atoms with Crippen LogP contribution in [0.4, 0.5) is 17.1 Å². The highest BCUT2D eigenvalue weighted by Crippen LogP contribution is 2.38. The van der Waals surface area contributed by atoms with Gasteiger partial charge in [0, 0.05) is 33.5 Å². The molecule has 6 nitrogen and oxygen atoms in total. The number of non-ortho nitro benzene ring substituents is 1. The molecule has 0 fully saturated rings. The Kier molecular flexibility index (Phi) is 3.34. The number of fused-ring (bicyclic) bond motifs is 1. The van der Waals surface area contributed by atoms with E-state index in [1.807, 2.05) is 18.2 Å². The van der Waals surface area contributed by atoms with E-state index < -0.39 is 11.0 Å². The average Bonchev–Trinajstić information content (AvgIpc) is 2.77. The van der Waals surface area contributed by atoms with E-state index in [1.54, 1.807) is 12.1 Å². The van der Waals surface area contributed by atoms with Crippen LogP contribution in [-0.4, -0.2) is 10.8 Å². The Balaban J connectivity index is 1.89. The number of nitrogens with zero attached hydrogens (tertiary/aromatic N) is 1. The highest BCUT2D eigenvalue weighted by atomic mass is 79.9. The molecule has 2 aromatic rings. The minimum atomic E-state index is -0.531. The molecule has 0 radical (unpaired) electrons. The van der Waals surface area contributed by atoms with E-state index in [1.165, 1.54) is 12.1 Å². The van der Waals surface area contributed by atoms with Crippen molar-refractivity contribution in [2.45, 2.75) is 6.04 Å². The number of carbonyl (C=O) groups excluding carboxylic acids is 1. The molecule has 106 valence electrons. The average molecular weight is 348 g/mol. The molecule has 0 spiro atoms. The van der Waals surface area contributed by atoms with Crippen molar-refractivity contribution in [1.29, 1.82) is 0 Å². The van der Waals surface area contributed by atoms with Crippen molar-refractivity contribution in [2.24, 2.45) is 0 Å². The standard InChI is InChI=1S/C14H10BrN3O3/c15-10-2-1-3-11-12(10)13(14(19)17-11)16-8-4-6-9(7-5-8)18(20)21/h1-7,13,16H,(H,17,19). The third kappa shape index (κ3) is 2.47. The molecule has 0 saturated heterocycles. The lowest BCUT2D eigenvalue weighted by Crippen LogP contribution is -2.19. The number of halogens is 1. The molecule has 0 aromatic heterocycles. The third-order valence-corrected chi connectivity index (χ3v) is 3.94. The molecule has 21 heavy (non-hydrogen) atoms. The lowest BCUT2D eigenvalue weighted by Gasteiger charge is -2.14. The minimum Gasteiger partial charge on any atom is -0.370 e. The summed E-state index contributed by atoms with van der Waals surface area (Å²) in [5.74, 6) is -0.157. The number of amides is 1. The van der Waals surface area contributed by atoms with Gasteiger partial charge in [-0.2, -0.15) is 0 Å². The molecule has 2 N–H and O–H groups in total. The van der Waals surface area contributed by atoms with Crippen LogP contribution in [0.15, 0.2) is 46.9 Å². The number of carbonyl (C=O) groups is 1. The molecule has 0 bridgehead atoms. The third-order valence-electron chi connectivity index (χ3n) is 3.25. The molecule has 1 heterocycles. The molecular weight excluding hydrogens is 338 g/mol. The normalized spacial score (nSPS) is 16.2. The first-order valence-electron chi connectivity index (χ1n) is 6.16. The second-order valence-corrected chi connectivity index (χ2v) is 5.43. The van der Waals surface area contributed by atoms with E-state index in [0.717, 1.165) is 15.7 Å². The number of hydrogen-bond acceptors (Lipinski definition) is 4. The number of benzene rings is 2. The number of nitro benzene ring substituents is 1. The van der Waals surface area contributed by atoms with Crippen LogP contribution in [0.25, 0.3) is 0 Å². The van der Waals surface area contributed by atoms with Gasteiger partial charge >= 0.3 is 0 Å². The Labute approximate surface area is 128 Å². The van der Waals surface area contributed by atoms with Crippen LogP contribution in [0.3, 0.4) is 0 Å². The van der Waals surface area contributed by atoms with Gasteiger partial charge < -0.3 is 10.6 Å². The fourth-order valence-corrected chi connectivity index (χ4v) is 2.85. The fourth-order valence-electron chi connectivity index (χ4n) is 2.26. The summed E-state index contributed by atoms with van der Waals surface area (Å²) in [7, 11) is 0. The molecule has 3 rings (SSSR count). The monoisotopic (exact) mass is 347 g/mol. The maximum Gasteiger partial charge on any atom is 0.269 e. The van der Waals surface area contributed by atoms with Crippen molar-refractivity contribution in [3.8, 4) is 0 Å². The number of hydrogen-bond donors (Lipinski definition) is 2. The van der Waals surface area contributed by atoms with Crippen LogP contribution in [-0.2, 0) is 4.79 Å². The van der Waals surface area contributed by atoms with E-state index in [9.17, 15) is 14.9 Å². The summed E-state index contributed by atoms with van der Waals surface area (Å²) in [5.41, 5.74) is 2.25. The van der Waals surface area contributed by atoms with Crippen LogP contribution in [0.1, 0.15) is 11.6 Å². The van der Waals surface area contributed by atoms with Gasteiger partial charge in [-0.05, 0) is 24.3 Å². The Morgan fingerprint density at radius 3 is 2.57 bits per heavy atom. The smallest absolute Gasteiger partial charge is 0.269 e. The largest absolute Gasteiger partial charge is 0.370 e. The van der Waals surface area contributed by atoms with Crippen LogP contribution in [0.2, 0.25) is 0 Å². The molecule has 0 aliphatic carbocycles. The minimum absolute atomic E-state index is 0.0120. The lowest BCUT2D eigenvalue weighted by molar-refractivity contribution is -0.384. The SMILES string of the molecule is O=C1Nc2cccc(Br)c2C1Nc1ccc([N+](=O)[O-])cc1. The second-order valence-electron chi connectivity index (χ2n) is 4.57. The van der Waals surface area contributed by atoms with Gasteiger partial charge in [0.1, 0.15) is 6.04 Å². The Morgan fingerprint density at radius 2 is 1.90 bits per heavy atom. The molecule has 1 unspecified atom stereocenters. The van der Waals surface area contributed by atoms with Gasteiger partial charge in [0.05, 0.1) is 4.92 Å². The van der Waals surface area contributed by atoms with Crippen LogP contribution >= 0.6 is 15.9 Å². The first kappa shape index (κ1) is 13.6. The summed E-state index contributed by atoms with van der Waals surface area (Å²) in [6.07, 6.45) is 0. The van der Waals surface area contributed by atoms with Crippen molar-refractivity contribution in [3.63, 3.8) is 0 Å². The molecule has 0 saturated carbocycles. The number of rotatable bonds is 3.